The number of nitrogens with one attached hydrogen (secondary N) is 9. The van der Waals surface area contributed by atoms with E-state index in [1.165, 1.54) is 67.9 Å². The molecular formula is C54H78N12O17S3-2. The number of thioether (sulfide) groups is 3. The molecule has 11 N–H and O–H groups in total. The maximum absolute atomic E-state index is 14.8. The lowest BCUT2D eigenvalue weighted by molar-refractivity contribution is -0.307. The van der Waals surface area contributed by atoms with E-state index >= 15 is 0 Å². The summed E-state index contributed by atoms with van der Waals surface area (Å²) in [4.78, 5) is 180. The molecule has 476 valence electrons. The van der Waals surface area contributed by atoms with Crippen LogP contribution in [0.25, 0.3) is 0 Å². The van der Waals surface area contributed by atoms with Crippen molar-refractivity contribution in [3.05, 3.63) is 29.3 Å². The summed E-state index contributed by atoms with van der Waals surface area (Å²) < 4.78 is 6.20. The SMILES string of the molecule is CSCC[C@@H]1NC(=O)[C@@H]2CCCN2C(=O)[C@@H]2CSCc3cc(cc(c3)OCCCCCCO/N=C/C(=O)N[C@@H](C)C(=O)N2)CSC[C@@H](C(N)=O)NC(=O)[C@H](CCC(=O)[O-])NC(=O)CNC(=O)[C@H](C)NC(=O)[C@H](C(C)C)NC(=O)[C@H](CC(=O)[O-])NC1=O. The summed E-state index contributed by atoms with van der Waals surface area (Å²) in [5.74, 6) is -12.9. The molecule has 1 saturated heterocycles. The lowest BCUT2D eigenvalue weighted by Crippen LogP contribution is -2.61. The van der Waals surface area contributed by atoms with Crippen molar-refractivity contribution in [2.45, 2.75) is 158 Å². The summed E-state index contributed by atoms with van der Waals surface area (Å²) in [6.07, 6.45) is 3.55. The molecule has 11 amide bonds. The number of nitrogens with zero attached hydrogens (tertiary/aromatic N) is 2. The molecule has 9 atom stereocenters. The van der Waals surface area contributed by atoms with Crippen molar-refractivity contribution in [3.8, 4) is 5.75 Å². The second-order valence-electron chi connectivity index (χ2n) is 21.0. The van der Waals surface area contributed by atoms with E-state index in [1.54, 1.807) is 18.4 Å². The predicted molar refractivity (Wildman–Crippen MR) is 313 cm³/mol. The molecular weight excluding hydrogens is 1180 g/mol. The minimum Gasteiger partial charge on any atom is -0.550 e. The van der Waals surface area contributed by atoms with E-state index < -0.39 is 163 Å². The van der Waals surface area contributed by atoms with Gasteiger partial charge >= 0.3 is 0 Å². The molecule has 0 aromatic heterocycles. The number of hydrogen-bond acceptors (Lipinski definition) is 21. The lowest BCUT2D eigenvalue weighted by Gasteiger charge is -2.31. The van der Waals surface area contributed by atoms with Crippen LogP contribution in [0.3, 0.4) is 0 Å². The van der Waals surface area contributed by atoms with Gasteiger partial charge in [0.1, 0.15) is 72.9 Å². The van der Waals surface area contributed by atoms with Crippen LogP contribution in [0.4, 0.5) is 0 Å². The standard InChI is InChI=1S/C54H80N12O17S3/c1-29(2)45-53(80)59-30(3)47(74)56-23-41(67)60-35(12-13-43(69)70)49(76)63-38(46(55)73)27-85-25-32-19-33-21-34(20-32)82-16-8-6-7-9-17-83-57-24-42(68)58-31(4)48(75)64-39(28-86-26-33)54(81)66-15-10-11-40(66)52(79)61-36(14-18-84-5)50(77)62-37(22-44(71)72)51(78)65-45/h19-21,24,29-31,35-40,45H,6-18,22-23,25-28H2,1-5H3,(H2,55,73)(H,56,74)(H,58,68)(H,59,80)(H,60,67)(H,61,79)(H,62,77)(H,63,76)(H,64,75)(H,65,78)(H,69,70)(H,71,72)/p-2/b57-24+/t30-,31-,35-,36-,37-,38-,39-,40-,45-/m0/s1. The van der Waals surface area contributed by atoms with E-state index in [4.69, 9.17) is 15.3 Å². The molecule has 1 aromatic rings. The molecule has 4 bridgehead atoms. The number of carbonyl (C=O) groups excluding carboxylic acids is 13. The Hall–Kier alpha value is -7.35. The number of nitrogens with two attached hydrogens (primary N) is 1. The van der Waals surface area contributed by atoms with E-state index in [-0.39, 0.29) is 54.8 Å². The molecule has 0 unspecified atom stereocenters. The maximum Gasteiger partial charge on any atom is 0.266 e. The molecule has 1 fully saturated rings. The predicted octanol–water partition coefficient (Wildman–Crippen LogP) is -4.29. The molecule has 86 heavy (non-hydrogen) atoms. The number of carboxylic acid groups (broad SMARTS) is 2. The topological polar surface area (TPSA) is 436 Å². The Bertz CT molecular complexity index is 2630. The average Bonchev–Trinajstić information content (AvgIpc) is 2.95. The van der Waals surface area contributed by atoms with Crippen molar-refractivity contribution < 1.29 is 82.1 Å². The van der Waals surface area contributed by atoms with Crippen LogP contribution in [0.5, 0.6) is 5.75 Å². The summed E-state index contributed by atoms with van der Waals surface area (Å²) in [5.41, 5.74) is 7.15. The molecule has 3 aliphatic heterocycles. The first-order valence-corrected chi connectivity index (χ1v) is 31.8. The number of fused-ring (bicyclic) bond motifs is 6. The first-order valence-electron chi connectivity index (χ1n) is 28.1. The zero-order valence-electron chi connectivity index (χ0n) is 48.7. The van der Waals surface area contributed by atoms with Gasteiger partial charge in [0.2, 0.25) is 59.1 Å². The van der Waals surface area contributed by atoms with Gasteiger partial charge in [-0.05, 0) is 113 Å². The van der Waals surface area contributed by atoms with Gasteiger partial charge in [-0.25, -0.2) is 0 Å². The highest BCUT2D eigenvalue weighted by molar-refractivity contribution is 7.99. The lowest BCUT2D eigenvalue weighted by atomic mass is 10.0. The minimum absolute atomic E-state index is 0.0354. The molecule has 0 aliphatic carbocycles. The van der Waals surface area contributed by atoms with Gasteiger partial charge < -0.3 is 87.9 Å². The summed E-state index contributed by atoms with van der Waals surface area (Å²) in [7, 11) is 0. The van der Waals surface area contributed by atoms with Crippen molar-refractivity contribution in [1.82, 2.24) is 52.8 Å². The van der Waals surface area contributed by atoms with Gasteiger partial charge in [-0.3, -0.25) is 52.7 Å². The van der Waals surface area contributed by atoms with Crippen molar-refractivity contribution in [3.63, 3.8) is 0 Å². The fourth-order valence-corrected chi connectivity index (χ4v) is 11.4. The van der Waals surface area contributed by atoms with Crippen LogP contribution in [0.15, 0.2) is 23.4 Å². The first kappa shape index (κ1) is 71.1. The van der Waals surface area contributed by atoms with E-state index in [1.807, 2.05) is 6.07 Å². The van der Waals surface area contributed by atoms with E-state index in [2.05, 4.69) is 53.0 Å². The van der Waals surface area contributed by atoms with Crippen LogP contribution in [0.2, 0.25) is 0 Å². The van der Waals surface area contributed by atoms with Gasteiger partial charge in [0.15, 0.2) is 0 Å². The van der Waals surface area contributed by atoms with E-state index in [0.29, 0.717) is 42.7 Å². The van der Waals surface area contributed by atoms with Gasteiger partial charge in [-0.1, -0.05) is 25.1 Å². The fraction of sp³-hybridized carbons (Fsp3) is 0.630. The third-order valence-electron chi connectivity index (χ3n) is 13.6. The Labute approximate surface area is 510 Å². The Morgan fingerprint density at radius 1 is 0.698 bits per heavy atom. The molecule has 32 heteroatoms. The molecule has 3 aliphatic rings. The van der Waals surface area contributed by atoms with Gasteiger partial charge in [0.25, 0.3) is 5.91 Å². The molecule has 0 spiro atoms. The minimum atomic E-state index is -1.88. The molecule has 29 nitrogen and oxygen atoms in total. The number of carboxylic acids is 2. The molecule has 4 rings (SSSR count). The summed E-state index contributed by atoms with van der Waals surface area (Å²) >= 11 is 3.75. The number of rotatable bonds is 10. The quantitative estimate of drug-likeness (QED) is 0.106. The van der Waals surface area contributed by atoms with Crippen LogP contribution in [0.1, 0.15) is 103 Å². The van der Waals surface area contributed by atoms with Gasteiger partial charge in [-0.2, -0.15) is 35.3 Å². The Kier molecular flexibility index (Phi) is 30.3. The Morgan fingerprint density at radius 2 is 1.33 bits per heavy atom. The Balaban J connectivity index is 1.76. The van der Waals surface area contributed by atoms with Crippen LogP contribution < -0.4 is 68.5 Å². The number of ether oxygens (including phenoxy) is 1. The third kappa shape index (κ3) is 24.6. The zero-order chi connectivity index (χ0) is 63.5. The number of oxime groups is 1. The van der Waals surface area contributed by atoms with Crippen molar-refractivity contribution in [1.29, 1.82) is 0 Å². The highest BCUT2D eigenvalue weighted by Crippen LogP contribution is 2.27. The largest absolute Gasteiger partial charge is 0.550 e. The number of primary amides is 1. The molecule has 1 aromatic carbocycles. The molecule has 3 heterocycles. The Morgan fingerprint density at radius 3 is 1.98 bits per heavy atom. The zero-order valence-corrected chi connectivity index (χ0v) is 51.1. The third-order valence-corrected chi connectivity index (χ3v) is 16.5. The average molecular weight is 1260 g/mol. The smallest absolute Gasteiger partial charge is 0.266 e. The summed E-state index contributed by atoms with van der Waals surface area (Å²) in [5, 5.41) is 49.4. The van der Waals surface area contributed by atoms with Crippen LogP contribution >= 0.6 is 35.3 Å². The second kappa shape index (κ2) is 36.6. The number of hydrogen-bond donors (Lipinski definition) is 10. The van der Waals surface area contributed by atoms with Crippen molar-refractivity contribution >= 4 is 118 Å². The van der Waals surface area contributed by atoms with Crippen molar-refractivity contribution in [2.24, 2.45) is 16.8 Å². The normalized spacial score (nSPS) is 26.4. The monoisotopic (exact) mass is 1260 g/mol. The first-order chi connectivity index (χ1) is 40.9. The van der Waals surface area contributed by atoms with Crippen LogP contribution in [-0.2, 0) is 78.7 Å². The van der Waals surface area contributed by atoms with Gasteiger partial charge in [-0.15, -0.1) is 0 Å². The van der Waals surface area contributed by atoms with E-state index in [0.717, 1.165) is 19.1 Å². The highest BCUT2D eigenvalue weighted by atomic mass is 32.2. The maximum atomic E-state index is 14.8. The van der Waals surface area contributed by atoms with Crippen LogP contribution in [-0.4, -0.2) is 192 Å². The highest BCUT2D eigenvalue weighted by Gasteiger charge is 2.40. The van der Waals surface area contributed by atoms with Gasteiger partial charge in [0.05, 0.1) is 13.2 Å². The van der Waals surface area contributed by atoms with Crippen molar-refractivity contribution in [2.75, 3.05) is 49.8 Å². The number of aliphatic carboxylic acids is 2. The van der Waals surface area contributed by atoms with Gasteiger partial charge in [0, 0.05) is 47.9 Å². The molecule has 0 radical (unpaired) electrons. The van der Waals surface area contributed by atoms with E-state index in [9.17, 15) is 72.5 Å². The van der Waals surface area contributed by atoms with Crippen LogP contribution in [0, 0.1) is 5.92 Å². The number of benzene rings is 1. The molecule has 0 saturated carbocycles. The number of amides is 11. The summed E-state index contributed by atoms with van der Waals surface area (Å²) in [6, 6.07) is -7.29. The fourth-order valence-electron chi connectivity index (χ4n) is 8.95. The number of carbonyl (C=O) groups is 13. The second-order valence-corrected chi connectivity index (χ2v) is 24.0. The summed E-state index contributed by atoms with van der Waals surface area (Å²) in [6.45, 7) is 5.46.